The molecule has 0 radical (unpaired) electrons. The van der Waals surface area contributed by atoms with E-state index in [9.17, 15) is 4.79 Å². The van der Waals surface area contributed by atoms with E-state index in [2.05, 4.69) is 35.8 Å². The van der Waals surface area contributed by atoms with Crippen LogP contribution in [0.15, 0.2) is 24.3 Å². The van der Waals surface area contributed by atoms with Gasteiger partial charge in [0.15, 0.2) is 0 Å². The summed E-state index contributed by atoms with van der Waals surface area (Å²) in [5.74, 6) is 2.41. The van der Waals surface area contributed by atoms with Crippen molar-refractivity contribution in [2.75, 3.05) is 32.6 Å². The molecule has 2 amide bonds. The van der Waals surface area contributed by atoms with E-state index in [1.165, 1.54) is 11.1 Å². The van der Waals surface area contributed by atoms with Crippen molar-refractivity contribution in [3.05, 3.63) is 35.4 Å². The number of carbonyl (C=O) groups excluding carboxylic acids is 1. The molecule has 1 aromatic carbocycles. The lowest BCUT2D eigenvalue weighted by Crippen LogP contribution is -2.38. The topological polar surface area (TPSA) is 41.6 Å². The van der Waals surface area contributed by atoms with E-state index in [-0.39, 0.29) is 6.03 Å². The fraction of sp³-hybridized carbons (Fsp3) is 0.632. The first kappa shape index (κ1) is 17.6. The number of carbonyl (C=O) groups is 1. The van der Waals surface area contributed by atoms with E-state index >= 15 is 0 Å². The monoisotopic (exact) mass is 348 g/mol. The van der Waals surface area contributed by atoms with Gasteiger partial charge in [0.2, 0.25) is 0 Å². The molecule has 5 heteroatoms. The van der Waals surface area contributed by atoms with Crippen molar-refractivity contribution < 1.29 is 9.53 Å². The van der Waals surface area contributed by atoms with Crippen LogP contribution in [-0.4, -0.2) is 43.5 Å². The van der Waals surface area contributed by atoms with Gasteiger partial charge in [0.05, 0.1) is 0 Å². The summed E-state index contributed by atoms with van der Waals surface area (Å²) in [4.78, 5) is 14.4. The zero-order valence-corrected chi connectivity index (χ0v) is 15.3. The first-order chi connectivity index (χ1) is 11.8. The van der Waals surface area contributed by atoms with Crippen LogP contribution in [0.1, 0.15) is 30.4 Å². The lowest BCUT2D eigenvalue weighted by atomic mass is 9.85. The Bertz CT molecular complexity index is 546. The lowest BCUT2D eigenvalue weighted by Gasteiger charge is -2.27. The van der Waals surface area contributed by atoms with Gasteiger partial charge in [0, 0.05) is 38.6 Å². The molecular weight excluding hydrogens is 320 g/mol. The number of nitrogens with zero attached hydrogens (tertiary/aromatic N) is 1. The largest absolute Gasteiger partial charge is 0.381 e. The highest BCUT2D eigenvalue weighted by molar-refractivity contribution is 7.97. The highest BCUT2D eigenvalue weighted by Crippen LogP contribution is 2.31. The minimum atomic E-state index is 0.0832. The molecule has 2 fully saturated rings. The second kappa shape index (κ2) is 8.77. The Hall–Kier alpha value is -1.20. The van der Waals surface area contributed by atoms with Gasteiger partial charge in [0.25, 0.3) is 0 Å². The third-order valence-corrected chi connectivity index (χ3v) is 5.81. The van der Waals surface area contributed by atoms with E-state index in [0.717, 1.165) is 57.2 Å². The van der Waals surface area contributed by atoms with E-state index < -0.39 is 0 Å². The van der Waals surface area contributed by atoms with Crippen LogP contribution in [-0.2, 0) is 17.0 Å². The summed E-state index contributed by atoms with van der Waals surface area (Å²) in [6.07, 6.45) is 5.56. The molecule has 0 bridgehead atoms. The Morgan fingerprint density at radius 1 is 1.25 bits per heavy atom. The molecule has 2 heterocycles. The van der Waals surface area contributed by atoms with Gasteiger partial charge >= 0.3 is 6.03 Å². The summed E-state index contributed by atoms with van der Waals surface area (Å²) < 4.78 is 5.45. The molecule has 0 saturated carbocycles. The number of benzene rings is 1. The Balaban J connectivity index is 1.46. The molecule has 0 aromatic heterocycles. The van der Waals surface area contributed by atoms with E-state index in [4.69, 9.17) is 4.74 Å². The van der Waals surface area contributed by atoms with Gasteiger partial charge in [-0.25, -0.2) is 4.79 Å². The van der Waals surface area contributed by atoms with Crippen LogP contribution in [0.5, 0.6) is 0 Å². The van der Waals surface area contributed by atoms with Crippen LogP contribution < -0.4 is 5.32 Å². The second-order valence-corrected chi connectivity index (χ2v) is 7.72. The fourth-order valence-corrected chi connectivity index (χ4v) is 4.34. The molecule has 0 aliphatic carbocycles. The standard InChI is InChI=1S/C19H28N2O2S/c1-24-14-16-4-2-3-15(11-16)12-20-19(22)21-8-5-18(13-21)17-6-9-23-10-7-17/h2-4,11,17-18H,5-10,12-14H2,1H3,(H,20,22)/t18-/m0/s1. The van der Waals surface area contributed by atoms with Gasteiger partial charge in [0.1, 0.15) is 0 Å². The lowest BCUT2D eigenvalue weighted by molar-refractivity contribution is 0.0484. The van der Waals surface area contributed by atoms with Crippen molar-refractivity contribution >= 4 is 17.8 Å². The summed E-state index contributed by atoms with van der Waals surface area (Å²) in [7, 11) is 0. The summed E-state index contributed by atoms with van der Waals surface area (Å²) in [5, 5.41) is 3.09. The Morgan fingerprint density at radius 3 is 2.83 bits per heavy atom. The quantitative estimate of drug-likeness (QED) is 0.885. The van der Waals surface area contributed by atoms with E-state index in [1.54, 1.807) is 0 Å². The first-order valence-corrected chi connectivity index (χ1v) is 10.3. The summed E-state index contributed by atoms with van der Waals surface area (Å²) >= 11 is 1.82. The van der Waals surface area contributed by atoms with Crippen LogP contribution in [0.25, 0.3) is 0 Å². The minimum absolute atomic E-state index is 0.0832. The molecular formula is C19H28N2O2S. The van der Waals surface area contributed by atoms with E-state index in [0.29, 0.717) is 12.5 Å². The molecule has 2 aliphatic rings. The van der Waals surface area contributed by atoms with Gasteiger partial charge in [-0.05, 0) is 48.5 Å². The number of amides is 2. The maximum Gasteiger partial charge on any atom is 0.317 e. The van der Waals surface area contributed by atoms with Crippen LogP contribution in [0, 0.1) is 11.8 Å². The smallest absolute Gasteiger partial charge is 0.317 e. The number of rotatable bonds is 5. The summed E-state index contributed by atoms with van der Waals surface area (Å²) in [6.45, 7) is 4.18. The molecule has 0 unspecified atom stereocenters. The van der Waals surface area contributed by atoms with Crippen molar-refractivity contribution in [3.8, 4) is 0 Å². The zero-order chi connectivity index (χ0) is 16.8. The third-order valence-electron chi connectivity index (χ3n) is 5.19. The number of hydrogen-bond donors (Lipinski definition) is 1. The highest BCUT2D eigenvalue weighted by Gasteiger charge is 2.32. The first-order valence-electron chi connectivity index (χ1n) is 8.93. The normalized spacial score (nSPS) is 21.9. The maximum atomic E-state index is 12.4. The van der Waals surface area contributed by atoms with Crippen LogP contribution in [0.3, 0.4) is 0 Å². The van der Waals surface area contributed by atoms with Crippen molar-refractivity contribution in [1.82, 2.24) is 10.2 Å². The second-order valence-electron chi connectivity index (χ2n) is 6.86. The maximum absolute atomic E-state index is 12.4. The van der Waals surface area contributed by atoms with Crippen molar-refractivity contribution in [2.24, 2.45) is 11.8 Å². The number of ether oxygens (including phenoxy) is 1. The highest BCUT2D eigenvalue weighted by atomic mass is 32.2. The molecule has 1 aromatic rings. The number of likely N-dealkylation sites (tertiary alicyclic amines) is 1. The average molecular weight is 349 g/mol. The molecule has 3 rings (SSSR count). The number of thioether (sulfide) groups is 1. The van der Waals surface area contributed by atoms with Crippen LogP contribution >= 0.6 is 11.8 Å². The minimum Gasteiger partial charge on any atom is -0.381 e. The predicted octanol–water partition coefficient (Wildman–Crippen LogP) is 3.51. The van der Waals surface area contributed by atoms with Gasteiger partial charge in [-0.15, -0.1) is 0 Å². The Labute approximate surface area is 149 Å². The van der Waals surface area contributed by atoms with Gasteiger partial charge < -0.3 is 15.0 Å². The van der Waals surface area contributed by atoms with Crippen molar-refractivity contribution in [2.45, 2.75) is 31.6 Å². The van der Waals surface area contributed by atoms with Crippen molar-refractivity contribution in [1.29, 1.82) is 0 Å². The molecule has 0 spiro atoms. The predicted molar refractivity (Wildman–Crippen MR) is 99.1 cm³/mol. The Kier molecular flexibility index (Phi) is 6.44. The average Bonchev–Trinajstić information content (AvgIpc) is 3.11. The van der Waals surface area contributed by atoms with Gasteiger partial charge in [-0.1, -0.05) is 24.3 Å². The third kappa shape index (κ3) is 4.67. The molecule has 132 valence electrons. The number of hydrogen-bond acceptors (Lipinski definition) is 3. The summed E-state index contributed by atoms with van der Waals surface area (Å²) in [6, 6.07) is 8.56. The molecule has 24 heavy (non-hydrogen) atoms. The summed E-state index contributed by atoms with van der Waals surface area (Å²) in [5.41, 5.74) is 2.49. The van der Waals surface area contributed by atoms with Crippen LogP contribution in [0.2, 0.25) is 0 Å². The van der Waals surface area contributed by atoms with Gasteiger partial charge in [-0.2, -0.15) is 11.8 Å². The zero-order valence-electron chi connectivity index (χ0n) is 14.5. The molecule has 1 atom stereocenters. The van der Waals surface area contributed by atoms with Crippen molar-refractivity contribution in [3.63, 3.8) is 0 Å². The molecule has 4 nitrogen and oxygen atoms in total. The SMILES string of the molecule is CSCc1cccc(CNC(=O)N2CC[C@H](C3CCOCC3)C2)c1. The van der Waals surface area contributed by atoms with Crippen LogP contribution in [0.4, 0.5) is 4.79 Å². The molecule has 1 N–H and O–H groups in total. The molecule has 2 saturated heterocycles. The number of nitrogens with one attached hydrogen (secondary N) is 1. The molecule has 2 aliphatic heterocycles. The number of urea groups is 1. The van der Waals surface area contributed by atoms with E-state index in [1.807, 2.05) is 16.7 Å². The Morgan fingerprint density at radius 2 is 2.04 bits per heavy atom. The fourth-order valence-electron chi connectivity index (χ4n) is 3.83. The van der Waals surface area contributed by atoms with Gasteiger partial charge in [-0.3, -0.25) is 0 Å².